The van der Waals surface area contributed by atoms with Crippen LogP contribution in [0.4, 0.5) is 28.4 Å². The van der Waals surface area contributed by atoms with E-state index in [1.54, 1.807) is 5.56 Å². The summed E-state index contributed by atoms with van der Waals surface area (Å²) in [5, 5.41) is 0. The van der Waals surface area contributed by atoms with Crippen LogP contribution in [-0.2, 0) is 21.7 Å². The third-order valence-corrected chi connectivity index (χ3v) is 15.4. The number of anilines is 5. The van der Waals surface area contributed by atoms with E-state index in [-0.39, 0.29) is 33.9 Å². The standard InChI is InChI=1S/C56H61BN2/c1-36-30-48-50-49(31-36)59-51-43(55(10)28-18-19-29-56(55,59)11)33-41(53(5,6)7)34-45(51)57(50)44-26-24-39(52(2,3)4)35-47(44)58(48)46-27-25-40(32-42(46)37-20-14-12-15-21-37)54(8,9)38-22-16-13-17-23-38/h12-17,20-27,30-35H,18-19,28-29H2,1-11H3. The van der Waals surface area contributed by atoms with E-state index >= 15 is 0 Å². The van der Waals surface area contributed by atoms with Crippen molar-refractivity contribution in [3.8, 4) is 11.1 Å². The first kappa shape index (κ1) is 38.2. The molecule has 1 fully saturated rings. The zero-order valence-electron chi connectivity index (χ0n) is 37.3. The molecule has 2 nitrogen and oxygen atoms in total. The lowest BCUT2D eigenvalue weighted by Gasteiger charge is -2.53. The van der Waals surface area contributed by atoms with E-state index in [9.17, 15) is 0 Å². The van der Waals surface area contributed by atoms with Gasteiger partial charge in [-0.1, -0.05) is 166 Å². The zero-order valence-corrected chi connectivity index (χ0v) is 37.3. The number of rotatable bonds is 4. The second-order valence-corrected chi connectivity index (χ2v) is 21.5. The lowest BCUT2D eigenvalue weighted by Crippen LogP contribution is -2.64. The van der Waals surface area contributed by atoms with Crippen LogP contribution in [0.25, 0.3) is 11.1 Å². The summed E-state index contributed by atoms with van der Waals surface area (Å²) in [6.45, 7) is 26.7. The number of aryl methyl sites for hydroxylation is 1. The summed E-state index contributed by atoms with van der Waals surface area (Å²) < 4.78 is 0. The van der Waals surface area contributed by atoms with Gasteiger partial charge in [-0.25, -0.2) is 0 Å². The molecule has 59 heavy (non-hydrogen) atoms. The Morgan fingerprint density at radius 2 is 1.19 bits per heavy atom. The van der Waals surface area contributed by atoms with Crippen LogP contribution >= 0.6 is 0 Å². The van der Waals surface area contributed by atoms with E-state index in [1.807, 2.05) is 0 Å². The van der Waals surface area contributed by atoms with Crippen LogP contribution in [0, 0.1) is 6.92 Å². The van der Waals surface area contributed by atoms with Gasteiger partial charge in [0.05, 0.1) is 11.2 Å². The van der Waals surface area contributed by atoms with Crippen molar-refractivity contribution in [1.29, 1.82) is 0 Å². The number of benzene rings is 6. The highest BCUT2D eigenvalue weighted by atomic mass is 15.3. The molecule has 3 aliphatic heterocycles. The lowest BCUT2D eigenvalue weighted by molar-refractivity contribution is 0.195. The molecule has 6 aromatic carbocycles. The largest absolute Gasteiger partial charge is 0.335 e. The maximum atomic E-state index is 2.88. The highest BCUT2D eigenvalue weighted by Crippen LogP contribution is 2.62. The molecule has 0 aromatic heterocycles. The molecule has 0 saturated heterocycles. The highest BCUT2D eigenvalue weighted by molar-refractivity contribution is 7.00. The quantitative estimate of drug-likeness (QED) is 0.164. The van der Waals surface area contributed by atoms with Crippen molar-refractivity contribution in [3.05, 3.63) is 155 Å². The van der Waals surface area contributed by atoms with E-state index < -0.39 is 0 Å². The van der Waals surface area contributed by atoms with E-state index in [4.69, 9.17) is 0 Å². The number of nitrogens with zero attached hydrogens (tertiary/aromatic N) is 2. The van der Waals surface area contributed by atoms with Gasteiger partial charge in [-0.2, -0.15) is 0 Å². The average molecular weight is 773 g/mol. The molecule has 0 N–H and O–H groups in total. The molecule has 2 atom stereocenters. The fourth-order valence-corrected chi connectivity index (χ4v) is 11.6. The van der Waals surface area contributed by atoms with Crippen LogP contribution in [0.15, 0.2) is 121 Å². The third kappa shape index (κ3) is 5.45. The topological polar surface area (TPSA) is 6.48 Å². The molecule has 0 radical (unpaired) electrons. The van der Waals surface area contributed by atoms with Crippen LogP contribution in [0.1, 0.15) is 128 Å². The molecule has 4 aliphatic rings. The van der Waals surface area contributed by atoms with Gasteiger partial charge >= 0.3 is 0 Å². The molecular weight excluding hydrogens is 711 g/mol. The van der Waals surface area contributed by atoms with Gasteiger partial charge in [0.15, 0.2) is 0 Å². The lowest BCUT2D eigenvalue weighted by atomic mass is 9.33. The SMILES string of the molecule is Cc1cc2c3c(c1)N1c4c(cc(C(C)(C)C)cc4C4(C)CCCCC14C)B3c1ccc(C(C)(C)C)cc1N2c1ccc(C(C)(C)c2ccccc2)cc1-c1ccccc1. The number of hydrogen-bond donors (Lipinski definition) is 0. The fourth-order valence-electron chi connectivity index (χ4n) is 11.6. The molecule has 3 heterocycles. The Morgan fingerprint density at radius 3 is 1.88 bits per heavy atom. The van der Waals surface area contributed by atoms with Gasteiger partial charge in [-0.3, -0.25) is 0 Å². The van der Waals surface area contributed by atoms with Crippen molar-refractivity contribution < 1.29 is 0 Å². The molecule has 3 heteroatoms. The van der Waals surface area contributed by atoms with Crippen LogP contribution in [0.2, 0.25) is 0 Å². The smallest absolute Gasteiger partial charge is 0.252 e. The van der Waals surface area contributed by atoms with E-state index in [2.05, 4.69) is 207 Å². The Bertz CT molecular complexity index is 2660. The van der Waals surface area contributed by atoms with Crippen LogP contribution < -0.4 is 26.2 Å². The first-order valence-electron chi connectivity index (χ1n) is 22.3. The molecule has 298 valence electrons. The molecule has 1 saturated carbocycles. The van der Waals surface area contributed by atoms with Crippen molar-refractivity contribution in [2.24, 2.45) is 0 Å². The van der Waals surface area contributed by atoms with Gasteiger partial charge in [0, 0.05) is 39.1 Å². The van der Waals surface area contributed by atoms with E-state index in [0.717, 1.165) is 0 Å². The van der Waals surface area contributed by atoms with Crippen LogP contribution in [0.3, 0.4) is 0 Å². The minimum atomic E-state index is -0.180. The zero-order chi connectivity index (χ0) is 41.4. The molecule has 6 aromatic rings. The summed E-state index contributed by atoms with van der Waals surface area (Å²) in [5.74, 6) is 0. The summed E-state index contributed by atoms with van der Waals surface area (Å²) in [5.41, 5.74) is 21.8. The van der Waals surface area contributed by atoms with Crippen LogP contribution in [0.5, 0.6) is 0 Å². The third-order valence-electron chi connectivity index (χ3n) is 15.4. The van der Waals surface area contributed by atoms with Gasteiger partial charge in [0.2, 0.25) is 0 Å². The Kier molecular flexibility index (Phi) is 8.25. The molecule has 2 unspecified atom stereocenters. The monoisotopic (exact) mass is 772 g/mol. The number of fused-ring (bicyclic) bond motifs is 7. The van der Waals surface area contributed by atoms with Crippen molar-refractivity contribution in [1.82, 2.24) is 0 Å². The Labute approximate surface area is 354 Å². The Balaban J connectivity index is 1.31. The maximum Gasteiger partial charge on any atom is 0.252 e. The summed E-state index contributed by atoms with van der Waals surface area (Å²) in [6, 6.07) is 47.2. The first-order chi connectivity index (χ1) is 27.9. The minimum absolute atomic E-state index is 0.0137. The molecule has 0 amide bonds. The normalized spacial score (nSPS) is 20.6. The summed E-state index contributed by atoms with van der Waals surface area (Å²) in [6.07, 6.45) is 4.98. The molecular formula is C56H61BN2. The fraction of sp³-hybridized carbons (Fsp3) is 0.357. The van der Waals surface area contributed by atoms with E-state index in [1.165, 1.54) is 109 Å². The first-order valence-corrected chi connectivity index (χ1v) is 22.3. The van der Waals surface area contributed by atoms with Gasteiger partial charge in [-0.05, 0) is 123 Å². The van der Waals surface area contributed by atoms with Gasteiger partial charge in [-0.15, -0.1) is 0 Å². The van der Waals surface area contributed by atoms with Gasteiger partial charge < -0.3 is 9.80 Å². The van der Waals surface area contributed by atoms with E-state index in [0.29, 0.717) is 0 Å². The molecule has 0 spiro atoms. The second kappa shape index (κ2) is 12.7. The number of hydrogen-bond acceptors (Lipinski definition) is 2. The van der Waals surface area contributed by atoms with Crippen LogP contribution in [-0.4, -0.2) is 12.3 Å². The summed E-state index contributed by atoms with van der Waals surface area (Å²) in [4.78, 5) is 5.55. The summed E-state index contributed by atoms with van der Waals surface area (Å²) in [7, 11) is 0. The van der Waals surface area contributed by atoms with Crippen molar-refractivity contribution >= 4 is 51.5 Å². The summed E-state index contributed by atoms with van der Waals surface area (Å²) >= 11 is 0. The van der Waals surface area contributed by atoms with Gasteiger partial charge in [0.1, 0.15) is 0 Å². The average Bonchev–Trinajstić information content (AvgIpc) is 3.42. The molecule has 1 aliphatic carbocycles. The van der Waals surface area contributed by atoms with Crippen molar-refractivity contribution in [3.63, 3.8) is 0 Å². The second-order valence-electron chi connectivity index (χ2n) is 21.5. The Hall–Kier alpha value is -5.02. The minimum Gasteiger partial charge on any atom is -0.335 e. The maximum absolute atomic E-state index is 2.88. The predicted octanol–water partition coefficient (Wildman–Crippen LogP) is 12.9. The molecule has 10 rings (SSSR count). The van der Waals surface area contributed by atoms with Crippen molar-refractivity contribution in [2.45, 2.75) is 129 Å². The highest BCUT2D eigenvalue weighted by Gasteiger charge is 2.61. The Morgan fingerprint density at radius 1 is 0.542 bits per heavy atom. The van der Waals surface area contributed by atoms with Gasteiger partial charge in [0.25, 0.3) is 6.71 Å². The van der Waals surface area contributed by atoms with Crippen molar-refractivity contribution in [2.75, 3.05) is 9.80 Å². The molecule has 0 bridgehead atoms. The predicted molar refractivity (Wildman–Crippen MR) is 255 cm³/mol.